The van der Waals surface area contributed by atoms with Crippen LogP contribution < -0.4 is 11.1 Å². The van der Waals surface area contributed by atoms with E-state index < -0.39 is 24.5 Å². The first-order valence-corrected chi connectivity index (χ1v) is 6.91. The molecule has 1 unspecified atom stereocenters. The van der Waals surface area contributed by atoms with Crippen molar-refractivity contribution in [2.45, 2.75) is 12.3 Å². The van der Waals surface area contributed by atoms with Gasteiger partial charge >= 0.3 is 6.18 Å². The first-order valence-electron chi connectivity index (χ1n) is 6.91. The Labute approximate surface area is 131 Å². The highest BCUT2D eigenvalue weighted by atomic mass is 19.4. The zero-order chi connectivity index (χ0) is 17.0. The lowest BCUT2D eigenvalue weighted by atomic mass is 10.0. The molecule has 0 saturated heterocycles. The Morgan fingerprint density at radius 3 is 2.30 bits per heavy atom. The number of nitrogens with two attached hydrogens (primary N) is 1. The lowest BCUT2D eigenvalue weighted by Gasteiger charge is -2.16. The van der Waals surface area contributed by atoms with Crippen molar-refractivity contribution in [3.8, 4) is 11.1 Å². The van der Waals surface area contributed by atoms with Crippen LogP contribution in [0.5, 0.6) is 0 Å². The molecule has 0 bridgehead atoms. The van der Waals surface area contributed by atoms with Gasteiger partial charge in [0.15, 0.2) is 0 Å². The number of benzene rings is 2. The summed E-state index contributed by atoms with van der Waals surface area (Å²) in [5, 5.41) is 21.2. The minimum absolute atomic E-state index is 0.105. The molecular weight excluding hydrogens is 309 g/mol. The van der Waals surface area contributed by atoms with E-state index in [2.05, 4.69) is 5.32 Å². The van der Waals surface area contributed by atoms with Gasteiger partial charge in [-0.3, -0.25) is 0 Å². The highest BCUT2D eigenvalue weighted by Gasteiger charge is 2.30. The summed E-state index contributed by atoms with van der Waals surface area (Å²) in [6.07, 6.45) is -5.33. The Morgan fingerprint density at radius 1 is 1.09 bits per heavy atom. The molecule has 23 heavy (non-hydrogen) atoms. The van der Waals surface area contributed by atoms with Gasteiger partial charge in [-0.05, 0) is 35.9 Å². The number of anilines is 2. The molecule has 0 aliphatic rings. The maximum Gasteiger partial charge on any atom is 0.416 e. The molecule has 0 amide bonds. The predicted molar refractivity (Wildman–Crippen MR) is 82.9 cm³/mol. The van der Waals surface area contributed by atoms with E-state index >= 15 is 0 Å². The van der Waals surface area contributed by atoms with Crippen LogP contribution in [0.3, 0.4) is 0 Å². The fraction of sp³-hybridized carbons (Fsp3) is 0.250. The molecule has 0 radical (unpaired) electrons. The third-order valence-electron chi connectivity index (χ3n) is 3.31. The lowest BCUT2D eigenvalue weighted by Crippen LogP contribution is -2.23. The van der Waals surface area contributed by atoms with Crippen molar-refractivity contribution in [1.29, 1.82) is 0 Å². The monoisotopic (exact) mass is 326 g/mol. The van der Waals surface area contributed by atoms with Crippen LogP contribution in [0, 0.1) is 0 Å². The summed E-state index contributed by atoms with van der Waals surface area (Å²) in [6, 6.07) is 9.69. The molecule has 2 aromatic carbocycles. The van der Waals surface area contributed by atoms with Crippen molar-refractivity contribution in [2.24, 2.45) is 0 Å². The van der Waals surface area contributed by atoms with Crippen molar-refractivity contribution in [3.63, 3.8) is 0 Å². The summed E-state index contributed by atoms with van der Waals surface area (Å²) in [5.41, 5.74) is 7.27. The Balaban J connectivity index is 2.32. The van der Waals surface area contributed by atoms with Crippen LogP contribution in [0.4, 0.5) is 24.5 Å². The number of alkyl halides is 3. The zero-order valence-electron chi connectivity index (χ0n) is 12.1. The van der Waals surface area contributed by atoms with E-state index in [1.807, 2.05) is 0 Å². The lowest BCUT2D eigenvalue weighted by molar-refractivity contribution is -0.137. The molecule has 2 aromatic rings. The van der Waals surface area contributed by atoms with Crippen molar-refractivity contribution < 1.29 is 23.4 Å². The van der Waals surface area contributed by atoms with Crippen LogP contribution in [-0.2, 0) is 6.18 Å². The number of rotatable bonds is 5. The van der Waals surface area contributed by atoms with Crippen LogP contribution >= 0.6 is 0 Å². The predicted octanol–water partition coefficient (Wildman–Crippen LogP) is 2.72. The molecular formula is C16H17F3N2O2. The van der Waals surface area contributed by atoms with Crippen molar-refractivity contribution in [3.05, 3.63) is 48.0 Å². The number of hydrogen-bond donors (Lipinski definition) is 4. The van der Waals surface area contributed by atoms with Crippen molar-refractivity contribution in [1.82, 2.24) is 0 Å². The average molecular weight is 326 g/mol. The summed E-state index contributed by atoms with van der Waals surface area (Å²) >= 11 is 0. The summed E-state index contributed by atoms with van der Waals surface area (Å²) < 4.78 is 37.9. The Bertz CT molecular complexity index is 657. The van der Waals surface area contributed by atoms with Crippen molar-refractivity contribution in [2.75, 3.05) is 24.2 Å². The first kappa shape index (κ1) is 17.1. The fourth-order valence-electron chi connectivity index (χ4n) is 2.09. The van der Waals surface area contributed by atoms with Gasteiger partial charge in [0.2, 0.25) is 0 Å². The van der Waals surface area contributed by atoms with E-state index in [1.165, 1.54) is 12.1 Å². The summed E-state index contributed by atoms with van der Waals surface area (Å²) in [6.45, 7) is -0.286. The fourth-order valence-corrected chi connectivity index (χ4v) is 2.09. The quantitative estimate of drug-likeness (QED) is 0.637. The third kappa shape index (κ3) is 4.37. The highest BCUT2D eigenvalue weighted by Crippen LogP contribution is 2.34. The molecule has 0 aliphatic heterocycles. The standard InChI is InChI=1S/C16H17F3N2O2/c17-16(18,19)11-3-1-10(2-4-11)14-7-12(20)5-6-15(14)21-8-13(23)9-22/h1-7,13,21-23H,8-9,20H2. The van der Waals surface area contributed by atoms with E-state index in [0.717, 1.165) is 12.1 Å². The average Bonchev–Trinajstić information content (AvgIpc) is 2.52. The molecule has 0 aliphatic carbocycles. The van der Waals surface area contributed by atoms with Crippen LogP contribution in [0.15, 0.2) is 42.5 Å². The number of halogens is 3. The minimum Gasteiger partial charge on any atom is -0.399 e. The van der Waals surface area contributed by atoms with E-state index in [-0.39, 0.29) is 6.54 Å². The molecule has 0 spiro atoms. The van der Waals surface area contributed by atoms with Gasteiger partial charge in [0, 0.05) is 23.5 Å². The van der Waals surface area contributed by atoms with E-state index in [1.54, 1.807) is 18.2 Å². The number of hydrogen-bond acceptors (Lipinski definition) is 4. The Hall–Kier alpha value is -2.25. The number of aliphatic hydroxyl groups is 2. The topological polar surface area (TPSA) is 78.5 Å². The van der Waals surface area contributed by atoms with Gasteiger partial charge in [-0.15, -0.1) is 0 Å². The molecule has 2 rings (SSSR count). The van der Waals surface area contributed by atoms with Gasteiger partial charge < -0.3 is 21.3 Å². The zero-order valence-corrected chi connectivity index (χ0v) is 12.1. The van der Waals surface area contributed by atoms with Crippen LogP contribution in [0.25, 0.3) is 11.1 Å². The van der Waals surface area contributed by atoms with Crippen LogP contribution in [0.2, 0.25) is 0 Å². The van der Waals surface area contributed by atoms with Gasteiger partial charge in [0.05, 0.1) is 18.3 Å². The third-order valence-corrected chi connectivity index (χ3v) is 3.31. The second kappa shape index (κ2) is 6.89. The second-order valence-electron chi connectivity index (χ2n) is 5.10. The number of nitrogens with one attached hydrogen (secondary N) is 1. The van der Waals surface area contributed by atoms with Crippen LogP contribution in [-0.4, -0.2) is 29.5 Å². The molecule has 4 nitrogen and oxygen atoms in total. The SMILES string of the molecule is Nc1ccc(NCC(O)CO)c(-c2ccc(C(F)(F)F)cc2)c1. The van der Waals surface area contributed by atoms with E-state index in [9.17, 15) is 18.3 Å². The molecule has 0 heterocycles. The van der Waals surface area contributed by atoms with Crippen LogP contribution in [0.1, 0.15) is 5.56 Å². The molecule has 1 atom stereocenters. The normalized spacial score (nSPS) is 12.9. The number of aliphatic hydroxyl groups excluding tert-OH is 2. The molecule has 0 fully saturated rings. The van der Waals surface area contributed by atoms with Gasteiger partial charge in [-0.25, -0.2) is 0 Å². The maximum absolute atomic E-state index is 12.6. The molecule has 0 aromatic heterocycles. The van der Waals surface area contributed by atoms with E-state index in [0.29, 0.717) is 22.5 Å². The Kier molecular flexibility index (Phi) is 5.12. The second-order valence-corrected chi connectivity index (χ2v) is 5.10. The summed E-state index contributed by atoms with van der Waals surface area (Å²) in [4.78, 5) is 0. The van der Waals surface area contributed by atoms with Gasteiger partial charge in [0.1, 0.15) is 0 Å². The summed E-state index contributed by atoms with van der Waals surface area (Å²) in [7, 11) is 0. The minimum atomic E-state index is -4.39. The molecule has 0 saturated carbocycles. The molecule has 124 valence electrons. The van der Waals surface area contributed by atoms with Gasteiger partial charge in [0.25, 0.3) is 0 Å². The smallest absolute Gasteiger partial charge is 0.399 e. The summed E-state index contributed by atoms with van der Waals surface area (Å²) in [5.74, 6) is 0. The van der Waals surface area contributed by atoms with Gasteiger partial charge in [-0.2, -0.15) is 13.2 Å². The Morgan fingerprint density at radius 2 is 1.74 bits per heavy atom. The molecule has 7 heteroatoms. The first-order chi connectivity index (χ1) is 10.8. The van der Waals surface area contributed by atoms with Crippen molar-refractivity contribution >= 4 is 11.4 Å². The highest BCUT2D eigenvalue weighted by molar-refractivity contribution is 5.80. The number of nitrogen functional groups attached to an aromatic ring is 1. The van der Waals surface area contributed by atoms with E-state index in [4.69, 9.17) is 10.8 Å². The maximum atomic E-state index is 12.6. The largest absolute Gasteiger partial charge is 0.416 e. The van der Waals surface area contributed by atoms with Gasteiger partial charge in [-0.1, -0.05) is 12.1 Å². The molecule has 5 N–H and O–H groups in total.